The van der Waals surface area contributed by atoms with Gasteiger partial charge in [0.2, 0.25) is 11.8 Å². The van der Waals surface area contributed by atoms with E-state index in [0.29, 0.717) is 49.0 Å². The fraction of sp³-hybridized carbons (Fsp3) is 0.526. The highest BCUT2D eigenvalue weighted by Gasteiger charge is 2.35. The normalized spacial score (nSPS) is 19.1. The molecular formula is C38H48ClN7O3. The van der Waals surface area contributed by atoms with Gasteiger partial charge in [-0.1, -0.05) is 42.8 Å². The lowest BCUT2D eigenvalue weighted by atomic mass is 9.79. The highest BCUT2D eigenvalue weighted by Crippen LogP contribution is 2.33. The lowest BCUT2D eigenvalue weighted by Crippen LogP contribution is -2.46. The zero-order valence-electron chi connectivity index (χ0n) is 28.4. The summed E-state index contributed by atoms with van der Waals surface area (Å²) in [6.07, 6.45) is 8.88. The molecule has 11 heteroatoms. The van der Waals surface area contributed by atoms with Gasteiger partial charge in [0.25, 0.3) is 0 Å². The van der Waals surface area contributed by atoms with Crippen molar-refractivity contribution in [2.24, 2.45) is 17.8 Å². The van der Waals surface area contributed by atoms with Gasteiger partial charge in [-0.15, -0.1) is 0 Å². The third kappa shape index (κ3) is 6.95. The number of amides is 2. The maximum atomic E-state index is 14.2. The number of H-pyrrole nitrogens is 1. The number of para-hydroxylation sites is 1. The van der Waals surface area contributed by atoms with Crippen molar-refractivity contribution in [2.75, 3.05) is 45.0 Å². The molecule has 0 unspecified atom stereocenters. The standard InChI is InChI=1S/C38H48ClN7O3/c1-2-25-19-24(21-31(39)35(25)40)20-28(37(48)45-15-9-27(10-16-45)26-7-13-41-14-8-26)22-34(47)44-17-11-29(12-18-44)46-33-23-42-32-6-4-3-5-30(32)36(33)43-38(46)49/h3-6,19,21,23,26-29,41H,2,7-18,20,22,40H2,1H3,(H,43,49)/t28-/m0/s1. The number of imidazole rings is 1. The van der Waals surface area contributed by atoms with Crippen molar-refractivity contribution >= 4 is 51.0 Å². The second-order valence-corrected chi connectivity index (χ2v) is 14.7. The largest absolute Gasteiger partial charge is 0.397 e. The second-order valence-electron chi connectivity index (χ2n) is 14.3. The number of nitrogens with zero attached hydrogens (tertiary/aromatic N) is 4. The van der Waals surface area contributed by atoms with Crippen molar-refractivity contribution in [3.63, 3.8) is 0 Å². The lowest BCUT2D eigenvalue weighted by molar-refractivity contribution is -0.143. The first-order valence-electron chi connectivity index (χ1n) is 18.1. The zero-order chi connectivity index (χ0) is 34.1. The number of fused-ring (bicyclic) bond motifs is 3. The van der Waals surface area contributed by atoms with Gasteiger partial charge >= 0.3 is 5.69 Å². The van der Waals surface area contributed by atoms with E-state index in [1.807, 2.05) is 57.7 Å². The average Bonchev–Trinajstić information content (AvgIpc) is 3.49. The maximum absolute atomic E-state index is 14.2. The Morgan fingerprint density at radius 2 is 1.67 bits per heavy atom. The molecule has 4 aromatic rings. The second kappa shape index (κ2) is 14.5. The molecule has 3 aliphatic heterocycles. The van der Waals surface area contributed by atoms with Gasteiger partial charge in [0.1, 0.15) is 0 Å². The summed E-state index contributed by atoms with van der Waals surface area (Å²) in [5.74, 6) is 0.954. The third-order valence-electron chi connectivity index (χ3n) is 11.5. The molecular weight excluding hydrogens is 638 g/mol. The molecule has 10 nitrogen and oxygen atoms in total. The van der Waals surface area contributed by atoms with E-state index in [1.54, 1.807) is 6.20 Å². The first-order chi connectivity index (χ1) is 23.8. The van der Waals surface area contributed by atoms with E-state index in [9.17, 15) is 14.4 Å². The van der Waals surface area contributed by atoms with Crippen LogP contribution < -0.4 is 16.7 Å². The van der Waals surface area contributed by atoms with Gasteiger partial charge in [-0.25, -0.2) is 4.79 Å². The summed E-state index contributed by atoms with van der Waals surface area (Å²) in [6.45, 7) is 6.76. The number of halogens is 1. The number of anilines is 1. The number of nitrogens with two attached hydrogens (primary N) is 1. The fourth-order valence-corrected chi connectivity index (χ4v) is 8.90. The minimum absolute atomic E-state index is 0.0161. The van der Waals surface area contributed by atoms with Crippen LogP contribution in [0.15, 0.2) is 47.4 Å². The number of pyridine rings is 1. The van der Waals surface area contributed by atoms with Crippen molar-refractivity contribution in [3.05, 3.63) is 69.2 Å². The van der Waals surface area contributed by atoms with Gasteiger partial charge in [-0.2, -0.15) is 0 Å². The Hall–Kier alpha value is -3.89. The van der Waals surface area contributed by atoms with E-state index < -0.39 is 5.92 Å². The average molecular weight is 686 g/mol. The van der Waals surface area contributed by atoms with Gasteiger partial charge in [-0.3, -0.25) is 19.1 Å². The van der Waals surface area contributed by atoms with Crippen LogP contribution in [0.2, 0.25) is 5.02 Å². The monoisotopic (exact) mass is 685 g/mol. The molecule has 0 bridgehead atoms. The molecule has 3 fully saturated rings. The van der Waals surface area contributed by atoms with Crippen LogP contribution in [0.5, 0.6) is 0 Å². The van der Waals surface area contributed by atoms with Crippen LogP contribution >= 0.6 is 11.6 Å². The Labute approximate surface area is 292 Å². The van der Waals surface area contributed by atoms with Gasteiger partial charge in [0.05, 0.1) is 39.4 Å². The number of aryl methyl sites for hydroxylation is 1. The molecule has 0 spiro atoms. The van der Waals surface area contributed by atoms with Crippen LogP contribution in [0.4, 0.5) is 5.69 Å². The number of nitrogen functional groups attached to an aromatic ring is 1. The Morgan fingerprint density at radius 3 is 2.41 bits per heavy atom. The van der Waals surface area contributed by atoms with Crippen LogP contribution in [0.3, 0.4) is 0 Å². The molecule has 2 aromatic carbocycles. The number of hydrogen-bond acceptors (Lipinski definition) is 6. The SMILES string of the molecule is CCc1cc(C[C@@H](CC(=O)N2CCC(n3c(=O)[nH]c4c5ccccc5ncc43)CC2)C(=O)N2CCC(C3CCNCC3)CC2)cc(Cl)c1N. The molecule has 4 N–H and O–H groups in total. The van der Waals surface area contributed by atoms with E-state index in [4.69, 9.17) is 17.3 Å². The first kappa shape index (κ1) is 33.6. The number of likely N-dealkylation sites (tertiary alicyclic amines) is 2. The lowest BCUT2D eigenvalue weighted by Gasteiger charge is -2.39. The van der Waals surface area contributed by atoms with E-state index in [0.717, 1.165) is 84.4 Å². The van der Waals surface area contributed by atoms with Crippen molar-refractivity contribution < 1.29 is 9.59 Å². The molecule has 49 heavy (non-hydrogen) atoms. The van der Waals surface area contributed by atoms with Gasteiger partial charge in [0.15, 0.2) is 0 Å². The Balaban J connectivity index is 1.05. The minimum atomic E-state index is -0.486. The smallest absolute Gasteiger partial charge is 0.326 e. The summed E-state index contributed by atoms with van der Waals surface area (Å²) in [6, 6.07) is 11.6. The highest BCUT2D eigenvalue weighted by molar-refractivity contribution is 6.33. The number of aromatic amines is 1. The van der Waals surface area contributed by atoms with E-state index >= 15 is 0 Å². The molecule has 7 rings (SSSR count). The molecule has 0 radical (unpaired) electrons. The predicted octanol–water partition coefficient (Wildman–Crippen LogP) is 5.33. The van der Waals surface area contributed by atoms with E-state index in [2.05, 4.69) is 15.3 Å². The molecule has 3 aliphatic rings. The van der Waals surface area contributed by atoms with Crippen molar-refractivity contribution in [1.29, 1.82) is 0 Å². The number of rotatable bonds is 8. The van der Waals surface area contributed by atoms with Crippen LogP contribution in [-0.4, -0.2) is 75.4 Å². The van der Waals surface area contributed by atoms with Crippen LogP contribution in [-0.2, 0) is 22.4 Å². The Morgan fingerprint density at radius 1 is 0.980 bits per heavy atom. The zero-order valence-corrected chi connectivity index (χ0v) is 29.2. The number of carbonyl (C=O) groups excluding carboxylic acids is 2. The number of piperidine rings is 3. The topological polar surface area (TPSA) is 129 Å². The van der Waals surface area contributed by atoms with Gasteiger partial charge in [-0.05, 0) is 99.6 Å². The summed E-state index contributed by atoms with van der Waals surface area (Å²) < 4.78 is 1.81. The van der Waals surface area contributed by atoms with Crippen LogP contribution in [0.25, 0.3) is 21.9 Å². The maximum Gasteiger partial charge on any atom is 0.326 e. The number of nitrogens with one attached hydrogen (secondary N) is 2. The number of carbonyl (C=O) groups is 2. The number of aromatic nitrogens is 3. The Bertz CT molecular complexity index is 1880. The van der Waals surface area contributed by atoms with E-state index in [1.165, 1.54) is 12.8 Å². The molecule has 260 valence electrons. The molecule has 0 aliphatic carbocycles. The van der Waals surface area contributed by atoms with Gasteiger partial charge in [0, 0.05) is 44.0 Å². The van der Waals surface area contributed by atoms with Crippen molar-refractivity contribution in [3.8, 4) is 0 Å². The fourth-order valence-electron chi connectivity index (χ4n) is 8.64. The summed E-state index contributed by atoms with van der Waals surface area (Å²) in [4.78, 5) is 52.8. The predicted molar refractivity (Wildman–Crippen MR) is 195 cm³/mol. The molecule has 2 amide bonds. The molecule has 0 saturated carbocycles. The van der Waals surface area contributed by atoms with Crippen LogP contribution in [0, 0.1) is 17.8 Å². The third-order valence-corrected chi connectivity index (χ3v) is 11.8. The molecule has 3 saturated heterocycles. The highest BCUT2D eigenvalue weighted by atomic mass is 35.5. The molecule has 2 aromatic heterocycles. The summed E-state index contributed by atoms with van der Waals surface area (Å²) in [7, 11) is 0. The summed E-state index contributed by atoms with van der Waals surface area (Å²) >= 11 is 6.53. The molecule has 1 atom stereocenters. The summed E-state index contributed by atoms with van der Waals surface area (Å²) in [5, 5.41) is 4.88. The quantitative estimate of drug-likeness (QED) is 0.215. The minimum Gasteiger partial charge on any atom is -0.397 e. The van der Waals surface area contributed by atoms with E-state index in [-0.39, 0.29) is 30.0 Å². The summed E-state index contributed by atoms with van der Waals surface area (Å²) in [5.41, 5.74) is 11.0. The van der Waals surface area contributed by atoms with Crippen molar-refractivity contribution in [1.82, 2.24) is 29.7 Å². The number of benzene rings is 2. The van der Waals surface area contributed by atoms with Gasteiger partial charge < -0.3 is 25.8 Å². The van der Waals surface area contributed by atoms with Crippen LogP contribution in [0.1, 0.15) is 69.0 Å². The van der Waals surface area contributed by atoms with Crippen molar-refractivity contribution in [2.45, 2.75) is 70.8 Å². The first-order valence-corrected chi connectivity index (χ1v) is 18.5. The molecule has 5 heterocycles. The number of hydrogen-bond donors (Lipinski definition) is 3. The Kier molecular flexibility index (Phi) is 9.96.